The molecule has 0 fully saturated rings. The van der Waals surface area contributed by atoms with Gasteiger partial charge in [0.2, 0.25) is 15.9 Å². The fourth-order valence-corrected chi connectivity index (χ4v) is 4.48. The van der Waals surface area contributed by atoms with Crippen molar-refractivity contribution in [1.82, 2.24) is 5.32 Å². The number of carbonyl (C=O) groups excluding carboxylic acids is 1. The van der Waals surface area contributed by atoms with Gasteiger partial charge in [-0.15, -0.1) is 11.8 Å². The van der Waals surface area contributed by atoms with Gasteiger partial charge in [0.15, 0.2) is 0 Å². The predicted molar refractivity (Wildman–Crippen MR) is 108 cm³/mol. The highest BCUT2D eigenvalue weighted by Gasteiger charge is 2.29. The molecule has 0 radical (unpaired) electrons. The number of hydrogen-bond acceptors (Lipinski definition) is 4. The summed E-state index contributed by atoms with van der Waals surface area (Å²) in [5.41, 5.74) is 1.30. The molecule has 8 heteroatoms. The summed E-state index contributed by atoms with van der Waals surface area (Å²) in [4.78, 5) is 13.5. The number of hydrogen-bond donors (Lipinski definition) is 1. The summed E-state index contributed by atoms with van der Waals surface area (Å²) in [6, 6.07) is 12.3. The lowest BCUT2D eigenvalue weighted by Crippen LogP contribution is -2.48. The summed E-state index contributed by atoms with van der Waals surface area (Å²) in [6.07, 6.45) is 0.995. The van der Waals surface area contributed by atoms with Gasteiger partial charge in [-0.05, 0) is 44.2 Å². The molecule has 0 aromatic heterocycles. The van der Waals surface area contributed by atoms with E-state index >= 15 is 0 Å². The van der Waals surface area contributed by atoms with Crippen LogP contribution in [0.1, 0.15) is 12.5 Å². The number of amides is 1. The van der Waals surface area contributed by atoms with Crippen LogP contribution in [-0.2, 0) is 14.8 Å². The molecule has 1 N–H and O–H groups in total. The Morgan fingerprint density at radius 3 is 2.48 bits per heavy atom. The topological polar surface area (TPSA) is 66.5 Å². The van der Waals surface area contributed by atoms with Crippen molar-refractivity contribution in [2.45, 2.75) is 24.8 Å². The molecular weight excluding hydrogens is 387 g/mol. The standard InChI is InChI=1S/C19H23FN2O3S2/c1-14-7-9-18(10-8-14)26-12-11-21-19(23)15(2)22(27(3,24)25)17-6-4-5-16(20)13-17/h4-10,13,15H,11-12H2,1-3H3,(H,21,23). The Morgan fingerprint density at radius 1 is 1.22 bits per heavy atom. The average molecular weight is 411 g/mol. The molecule has 0 aliphatic rings. The molecule has 5 nitrogen and oxygen atoms in total. The molecule has 0 saturated heterocycles. The summed E-state index contributed by atoms with van der Waals surface area (Å²) in [5.74, 6) is -0.349. The Hall–Kier alpha value is -2.06. The molecule has 0 aliphatic heterocycles. The SMILES string of the molecule is Cc1ccc(SCCNC(=O)C(C)N(c2cccc(F)c2)S(C)(=O)=O)cc1. The second-order valence-electron chi connectivity index (χ2n) is 6.17. The van der Waals surface area contributed by atoms with Crippen molar-refractivity contribution < 1.29 is 17.6 Å². The maximum atomic E-state index is 13.5. The lowest BCUT2D eigenvalue weighted by Gasteiger charge is -2.28. The van der Waals surface area contributed by atoms with Crippen molar-refractivity contribution >= 4 is 33.4 Å². The highest BCUT2D eigenvalue weighted by atomic mass is 32.2. The molecule has 0 heterocycles. The van der Waals surface area contributed by atoms with E-state index in [-0.39, 0.29) is 5.69 Å². The van der Waals surface area contributed by atoms with Crippen LogP contribution in [-0.4, -0.2) is 38.9 Å². The normalized spacial score (nSPS) is 12.4. The fraction of sp³-hybridized carbons (Fsp3) is 0.316. The largest absolute Gasteiger partial charge is 0.353 e. The molecule has 1 amide bonds. The zero-order valence-corrected chi connectivity index (χ0v) is 17.1. The lowest BCUT2D eigenvalue weighted by atomic mass is 10.2. The van der Waals surface area contributed by atoms with Gasteiger partial charge in [0.05, 0.1) is 11.9 Å². The zero-order chi connectivity index (χ0) is 20.0. The van der Waals surface area contributed by atoms with Gasteiger partial charge in [0, 0.05) is 17.2 Å². The average Bonchev–Trinajstić information content (AvgIpc) is 2.59. The Bertz CT molecular complexity index is 886. The summed E-state index contributed by atoms with van der Waals surface area (Å²) in [5, 5.41) is 2.74. The number of rotatable bonds is 8. The molecule has 1 unspecified atom stereocenters. The van der Waals surface area contributed by atoms with E-state index in [0.29, 0.717) is 12.3 Å². The van der Waals surface area contributed by atoms with Crippen molar-refractivity contribution in [3.8, 4) is 0 Å². The first-order chi connectivity index (χ1) is 12.7. The van der Waals surface area contributed by atoms with Crippen LogP contribution in [0.4, 0.5) is 10.1 Å². The van der Waals surface area contributed by atoms with Gasteiger partial charge in [-0.1, -0.05) is 23.8 Å². The number of anilines is 1. The number of aryl methyl sites for hydroxylation is 1. The van der Waals surface area contributed by atoms with E-state index in [9.17, 15) is 17.6 Å². The molecule has 0 aliphatic carbocycles. The molecule has 2 rings (SSSR count). The van der Waals surface area contributed by atoms with Gasteiger partial charge in [0.1, 0.15) is 11.9 Å². The molecule has 1 atom stereocenters. The van der Waals surface area contributed by atoms with Gasteiger partial charge >= 0.3 is 0 Å². The quantitative estimate of drug-likeness (QED) is 0.536. The van der Waals surface area contributed by atoms with Crippen molar-refractivity contribution in [2.24, 2.45) is 0 Å². The Kier molecular flexibility index (Phi) is 7.26. The Morgan fingerprint density at radius 2 is 1.89 bits per heavy atom. The van der Waals surface area contributed by atoms with Crippen molar-refractivity contribution in [1.29, 1.82) is 0 Å². The first kappa shape index (κ1) is 21.2. The third-order valence-corrected chi connectivity index (χ3v) is 6.10. The molecule has 2 aromatic rings. The summed E-state index contributed by atoms with van der Waals surface area (Å²) >= 11 is 1.60. The molecule has 0 spiro atoms. The van der Waals surface area contributed by atoms with Crippen LogP contribution in [0, 0.1) is 12.7 Å². The third-order valence-electron chi connectivity index (χ3n) is 3.84. The van der Waals surface area contributed by atoms with Gasteiger partial charge in [-0.2, -0.15) is 0 Å². The number of nitrogens with zero attached hydrogens (tertiary/aromatic N) is 1. The number of halogens is 1. The van der Waals surface area contributed by atoms with Gasteiger partial charge in [0.25, 0.3) is 0 Å². The number of thioether (sulfide) groups is 1. The maximum Gasteiger partial charge on any atom is 0.243 e. The highest BCUT2D eigenvalue weighted by Crippen LogP contribution is 2.22. The third kappa shape index (κ3) is 6.25. The van der Waals surface area contributed by atoms with Crippen LogP contribution in [0.25, 0.3) is 0 Å². The monoisotopic (exact) mass is 410 g/mol. The van der Waals surface area contributed by atoms with Gasteiger partial charge < -0.3 is 5.32 Å². The van der Waals surface area contributed by atoms with Crippen LogP contribution < -0.4 is 9.62 Å². The first-order valence-electron chi connectivity index (χ1n) is 8.40. The summed E-state index contributed by atoms with van der Waals surface area (Å²) in [6.45, 7) is 3.89. The van der Waals surface area contributed by atoms with Gasteiger partial charge in [-0.25, -0.2) is 12.8 Å². The second-order valence-corrected chi connectivity index (χ2v) is 9.19. The molecular formula is C19H23FN2O3S2. The lowest BCUT2D eigenvalue weighted by molar-refractivity contribution is -0.121. The molecule has 0 saturated carbocycles. The smallest absolute Gasteiger partial charge is 0.243 e. The predicted octanol–water partition coefficient (Wildman–Crippen LogP) is 3.20. The number of carbonyl (C=O) groups is 1. The Labute approximate surface area is 164 Å². The Balaban J connectivity index is 1.97. The number of benzene rings is 2. The van der Waals surface area contributed by atoms with E-state index in [4.69, 9.17) is 0 Å². The molecule has 146 valence electrons. The van der Waals surface area contributed by atoms with E-state index in [1.165, 1.54) is 30.7 Å². The number of nitrogens with one attached hydrogen (secondary N) is 1. The minimum Gasteiger partial charge on any atom is -0.353 e. The van der Waals surface area contributed by atoms with Crippen molar-refractivity contribution in [3.63, 3.8) is 0 Å². The molecule has 0 bridgehead atoms. The summed E-state index contributed by atoms with van der Waals surface area (Å²) < 4.78 is 38.7. The second kappa shape index (κ2) is 9.23. The van der Waals surface area contributed by atoms with E-state index in [1.807, 2.05) is 31.2 Å². The van der Waals surface area contributed by atoms with E-state index in [1.54, 1.807) is 11.8 Å². The van der Waals surface area contributed by atoms with Crippen LogP contribution in [0.15, 0.2) is 53.4 Å². The minimum atomic E-state index is -3.76. The highest BCUT2D eigenvalue weighted by molar-refractivity contribution is 7.99. The number of sulfonamides is 1. The fourth-order valence-electron chi connectivity index (χ4n) is 2.55. The first-order valence-corrected chi connectivity index (χ1v) is 11.2. The van der Waals surface area contributed by atoms with E-state index in [2.05, 4.69) is 5.32 Å². The van der Waals surface area contributed by atoms with Crippen LogP contribution in [0.5, 0.6) is 0 Å². The maximum absolute atomic E-state index is 13.5. The minimum absolute atomic E-state index is 0.120. The van der Waals surface area contributed by atoms with Crippen LogP contribution in [0.3, 0.4) is 0 Å². The summed E-state index contributed by atoms with van der Waals surface area (Å²) in [7, 11) is -3.76. The van der Waals surface area contributed by atoms with E-state index < -0.39 is 27.8 Å². The van der Waals surface area contributed by atoms with E-state index in [0.717, 1.165) is 21.5 Å². The zero-order valence-electron chi connectivity index (χ0n) is 15.5. The molecule has 2 aromatic carbocycles. The molecule has 27 heavy (non-hydrogen) atoms. The van der Waals surface area contributed by atoms with Gasteiger partial charge in [-0.3, -0.25) is 9.10 Å². The van der Waals surface area contributed by atoms with Crippen LogP contribution in [0.2, 0.25) is 0 Å². The van der Waals surface area contributed by atoms with Crippen LogP contribution >= 0.6 is 11.8 Å². The van der Waals surface area contributed by atoms with Crippen molar-refractivity contribution in [3.05, 3.63) is 59.9 Å². The van der Waals surface area contributed by atoms with Crippen molar-refractivity contribution in [2.75, 3.05) is 22.9 Å².